The lowest BCUT2D eigenvalue weighted by atomic mass is 9.78. The zero-order valence-corrected chi connectivity index (χ0v) is 15.8. The molecule has 2 heterocycles. The highest BCUT2D eigenvalue weighted by Crippen LogP contribution is 2.31. The van der Waals surface area contributed by atoms with Crippen LogP contribution in [0.4, 0.5) is 0 Å². The van der Waals surface area contributed by atoms with E-state index in [4.69, 9.17) is 0 Å². The third-order valence-corrected chi connectivity index (χ3v) is 5.78. The van der Waals surface area contributed by atoms with Gasteiger partial charge >= 0.3 is 0 Å². The summed E-state index contributed by atoms with van der Waals surface area (Å²) in [7, 11) is 1.86. The molecule has 4 rings (SSSR count). The van der Waals surface area contributed by atoms with Crippen molar-refractivity contribution in [2.45, 2.75) is 25.4 Å². The Kier molecular flexibility index (Phi) is 4.48. The SMILES string of the molecule is Cn1nc(C(=O)N2CC[C@@](C)(O)[C@@H](Cc3ccccc3)C2)c2ccccc21. The number of nitrogens with zero attached hydrogens (tertiary/aromatic N) is 3. The van der Waals surface area contributed by atoms with Crippen molar-refractivity contribution >= 4 is 16.8 Å². The first kappa shape index (κ1) is 17.7. The lowest BCUT2D eigenvalue weighted by Crippen LogP contribution is -2.52. The quantitative estimate of drug-likeness (QED) is 0.778. The number of hydrogen-bond acceptors (Lipinski definition) is 3. The first-order valence-corrected chi connectivity index (χ1v) is 9.43. The fourth-order valence-electron chi connectivity index (χ4n) is 4.01. The third-order valence-electron chi connectivity index (χ3n) is 5.78. The third kappa shape index (κ3) is 3.35. The predicted molar refractivity (Wildman–Crippen MR) is 105 cm³/mol. The lowest BCUT2D eigenvalue weighted by Gasteiger charge is -2.42. The first-order chi connectivity index (χ1) is 13.0. The second kappa shape index (κ2) is 6.82. The summed E-state index contributed by atoms with van der Waals surface area (Å²) < 4.78 is 1.75. The van der Waals surface area contributed by atoms with Crippen LogP contribution < -0.4 is 0 Å². The molecule has 0 radical (unpaired) electrons. The standard InChI is InChI=1S/C22H25N3O2/c1-22(27)12-13-25(15-17(22)14-16-8-4-3-5-9-16)21(26)20-18-10-6-7-11-19(18)24(2)23-20/h3-11,17,27H,12-15H2,1-2H3/t17-,22+/m0/s1. The van der Waals surface area contributed by atoms with Crippen molar-refractivity contribution in [3.63, 3.8) is 0 Å². The van der Waals surface area contributed by atoms with Crippen molar-refractivity contribution in [1.82, 2.24) is 14.7 Å². The molecule has 2 atom stereocenters. The number of aliphatic hydroxyl groups is 1. The van der Waals surface area contributed by atoms with Crippen LogP contribution in [0.1, 0.15) is 29.4 Å². The number of rotatable bonds is 3. The number of hydrogen-bond donors (Lipinski definition) is 1. The van der Waals surface area contributed by atoms with Gasteiger partial charge in [-0.15, -0.1) is 0 Å². The zero-order valence-electron chi connectivity index (χ0n) is 15.8. The average molecular weight is 363 g/mol. The van der Waals surface area contributed by atoms with Crippen LogP contribution in [0.3, 0.4) is 0 Å². The molecule has 0 spiro atoms. The van der Waals surface area contributed by atoms with Crippen molar-refractivity contribution in [3.05, 3.63) is 65.9 Å². The van der Waals surface area contributed by atoms with E-state index in [1.807, 2.05) is 61.3 Å². The van der Waals surface area contributed by atoms with E-state index in [2.05, 4.69) is 17.2 Å². The first-order valence-electron chi connectivity index (χ1n) is 9.43. The molecule has 1 aliphatic heterocycles. The molecule has 0 unspecified atom stereocenters. The van der Waals surface area contributed by atoms with E-state index < -0.39 is 5.60 Å². The molecular weight excluding hydrogens is 338 g/mol. The molecule has 0 aliphatic carbocycles. The Labute approximate surface area is 159 Å². The van der Waals surface area contributed by atoms with Crippen LogP contribution in [0.5, 0.6) is 0 Å². The molecule has 1 aliphatic rings. The normalized spacial score (nSPS) is 22.9. The summed E-state index contributed by atoms with van der Waals surface area (Å²) >= 11 is 0. The highest BCUT2D eigenvalue weighted by molar-refractivity contribution is 6.04. The van der Waals surface area contributed by atoms with E-state index in [-0.39, 0.29) is 11.8 Å². The Morgan fingerprint density at radius 2 is 1.89 bits per heavy atom. The largest absolute Gasteiger partial charge is 0.390 e. The smallest absolute Gasteiger partial charge is 0.275 e. The van der Waals surface area contributed by atoms with Gasteiger partial charge in [0, 0.05) is 31.4 Å². The van der Waals surface area contributed by atoms with E-state index in [9.17, 15) is 9.90 Å². The summed E-state index contributed by atoms with van der Waals surface area (Å²) in [6.07, 6.45) is 1.32. The van der Waals surface area contributed by atoms with Gasteiger partial charge in [0.2, 0.25) is 0 Å². The molecule has 0 bridgehead atoms. The molecule has 5 heteroatoms. The Balaban J connectivity index is 1.59. The van der Waals surface area contributed by atoms with Gasteiger partial charge < -0.3 is 10.0 Å². The number of aryl methyl sites for hydroxylation is 1. The Hall–Kier alpha value is -2.66. The fraction of sp³-hybridized carbons (Fsp3) is 0.364. The summed E-state index contributed by atoms with van der Waals surface area (Å²) in [6.45, 7) is 2.96. The molecule has 1 fully saturated rings. The van der Waals surface area contributed by atoms with E-state index in [0.29, 0.717) is 25.2 Å². The lowest BCUT2D eigenvalue weighted by molar-refractivity contribution is -0.0508. The molecule has 140 valence electrons. The highest BCUT2D eigenvalue weighted by Gasteiger charge is 2.39. The molecular formula is C22H25N3O2. The molecule has 1 saturated heterocycles. The van der Waals surface area contributed by atoms with Crippen molar-refractivity contribution < 1.29 is 9.90 Å². The molecule has 1 amide bonds. The molecule has 1 N–H and O–H groups in total. The van der Waals surface area contributed by atoms with Crippen LogP contribution in [-0.2, 0) is 13.5 Å². The number of likely N-dealkylation sites (tertiary alicyclic amines) is 1. The molecule has 0 saturated carbocycles. The monoisotopic (exact) mass is 363 g/mol. The van der Waals surface area contributed by atoms with Gasteiger partial charge in [-0.1, -0.05) is 48.5 Å². The number of piperidine rings is 1. The maximum Gasteiger partial charge on any atom is 0.275 e. The number of para-hydroxylation sites is 1. The number of aromatic nitrogens is 2. The molecule has 5 nitrogen and oxygen atoms in total. The Bertz CT molecular complexity index is 962. The fourth-order valence-corrected chi connectivity index (χ4v) is 4.01. The van der Waals surface area contributed by atoms with E-state index >= 15 is 0 Å². The van der Waals surface area contributed by atoms with E-state index in [1.165, 1.54) is 5.56 Å². The van der Waals surface area contributed by atoms with Crippen LogP contribution in [0.15, 0.2) is 54.6 Å². The number of carbonyl (C=O) groups is 1. The summed E-state index contributed by atoms with van der Waals surface area (Å²) in [5.41, 5.74) is 1.85. The number of amides is 1. The van der Waals surface area contributed by atoms with Gasteiger partial charge in [0.15, 0.2) is 5.69 Å². The van der Waals surface area contributed by atoms with Gasteiger partial charge in [-0.25, -0.2) is 0 Å². The second-order valence-corrected chi connectivity index (χ2v) is 7.73. The highest BCUT2D eigenvalue weighted by atomic mass is 16.3. The van der Waals surface area contributed by atoms with Gasteiger partial charge in [-0.05, 0) is 31.4 Å². The zero-order chi connectivity index (χ0) is 19.0. The van der Waals surface area contributed by atoms with Crippen molar-refractivity contribution in [2.24, 2.45) is 13.0 Å². The Morgan fingerprint density at radius 3 is 2.67 bits per heavy atom. The van der Waals surface area contributed by atoms with Gasteiger partial charge in [0.25, 0.3) is 5.91 Å². The van der Waals surface area contributed by atoms with Crippen LogP contribution in [0, 0.1) is 5.92 Å². The minimum Gasteiger partial charge on any atom is -0.390 e. The van der Waals surface area contributed by atoms with Gasteiger partial charge in [0.1, 0.15) is 0 Å². The summed E-state index contributed by atoms with van der Waals surface area (Å²) in [4.78, 5) is 15.1. The van der Waals surface area contributed by atoms with E-state index in [1.54, 1.807) is 4.68 Å². The minimum atomic E-state index is -0.779. The van der Waals surface area contributed by atoms with Gasteiger partial charge in [0.05, 0.1) is 11.1 Å². The van der Waals surface area contributed by atoms with Crippen molar-refractivity contribution in [1.29, 1.82) is 0 Å². The predicted octanol–water partition coefficient (Wildman–Crippen LogP) is 3.03. The van der Waals surface area contributed by atoms with Crippen molar-refractivity contribution in [2.75, 3.05) is 13.1 Å². The molecule has 2 aromatic carbocycles. The maximum atomic E-state index is 13.2. The van der Waals surface area contributed by atoms with Crippen molar-refractivity contribution in [3.8, 4) is 0 Å². The second-order valence-electron chi connectivity index (χ2n) is 7.73. The van der Waals surface area contributed by atoms with Crippen LogP contribution in [0.25, 0.3) is 10.9 Å². The molecule has 1 aromatic heterocycles. The topological polar surface area (TPSA) is 58.4 Å². The number of fused-ring (bicyclic) bond motifs is 1. The minimum absolute atomic E-state index is 0.00687. The molecule has 3 aromatic rings. The van der Waals surface area contributed by atoms with Gasteiger partial charge in [-0.2, -0.15) is 5.10 Å². The van der Waals surface area contributed by atoms with Crippen LogP contribution in [-0.4, -0.2) is 44.4 Å². The van der Waals surface area contributed by atoms with E-state index in [0.717, 1.165) is 17.3 Å². The summed E-state index contributed by atoms with van der Waals surface area (Å²) in [6, 6.07) is 17.9. The Morgan fingerprint density at radius 1 is 1.19 bits per heavy atom. The molecule has 27 heavy (non-hydrogen) atoms. The number of carbonyl (C=O) groups excluding carboxylic acids is 1. The summed E-state index contributed by atoms with van der Waals surface area (Å²) in [5, 5.41) is 16.2. The van der Waals surface area contributed by atoms with Crippen LogP contribution >= 0.6 is 0 Å². The average Bonchev–Trinajstić information content (AvgIpc) is 3.01. The maximum absolute atomic E-state index is 13.2. The number of benzene rings is 2. The summed E-state index contributed by atoms with van der Waals surface area (Å²) in [5.74, 6) is -0.0621. The van der Waals surface area contributed by atoms with Crippen LogP contribution in [0.2, 0.25) is 0 Å². The van der Waals surface area contributed by atoms with Gasteiger partial charge in [-0.3, -0.25) is 9.48 Å².